The molecule has 0 aliphatic carbocycles. The molecule has 0 spiro atoms. The SMILES string of the molecule is CCc1ccc(CCC(=O)NC(C)C(=O)NCc2ccccc2)cc1. The van der Waals surface area contributed by atoms with E-state index < -0.39 is 6.04 Å². The minimum absolute atomic E-state index is 0.109. The molecular weight excluding hydrogens is 312 g/mol. The maximum absolute atomic E-state index is 12.1. The van der Waals surface area contributed by atoms with Crippen LogP contribution in [0, 0.1) is 0 Å². The topological polar surface area (TPSA) is 58.2 Å². The van der Waals surface area contributed by atoms with E-state index in [-0.39, 0.29) is 11.8 Å². The van der Waals surface area contributed by atoms with Crippen molar-refractivity contribution < 1.29 is 9.59 Å². The van der Waals surface area contributed by atoms with Gasteiger partial charge in [-0.05, 0) is 36.5 Å². The van der Waals surface area contributed by atoms with Gasteiger partial charge in [0, 0.05) is 13.0 Å². The van der Waals surface area contributed by atoms with E-state index in [1.54, 1.807) is 6.92 Å². The largest absolute Gasteiger partial charge is 0.350 e. The maximum atomic E-state index is 12.1. The second-order valence-corrected chi connectivity index (χ2v) is 6.16. The predicted octanol–water partition coefficient (Wildman–Crippen LogP) is 3.00. The Morgan fingerprint density at radius 1 is 0.920 bits per heavy atom. The van der Waals surface area contributed by atoms with Crippen molar-refractivity contribution in [1.82, 2.24) is 10.6 Å². The number of carbonyl (C=O) groups excluding carboxylic acids is 2. The molecule has 4 heteroatoms. The second kappa shape index (κ2) is 9.62. The Morgan fingerprint density at radius 2 is 1.56 bits per heavy atom. The van der Waals surface area contributed by atoms with Gasteiger partial charge in [0.1, 0.15) is 6.04 Å². The lowest BCUT2D eigenvalue weighted by atomic mass is 10.1. The first kappa shape index (κ1) is 18.7. The third-order valence-corrected chi connectivity index (χ3v) is 4.15. The molecule has 0 aromatic heterocycles. The molecule has 0 heterocycles. The Kier molecular flexibility index (Phi) is 7.20. The first-order chi connectivity index (χ1) is 12.1. The summed E-state index contributed by atoms with van der Waals surface area (Å²) >= 11 is 0. The molecule has 132 valence electrons. The van der Waals surface area contributed by atoms with Crippen LogP contribution in [-0.4, -0.2) is 17.9 Å². The smallest absolute Gasteiger partial charge is 0.242 e. The van der Waals surface area contributed by atoms with Crippen molar-refractivity contribution in [2.45, 2.75) is 45.7 Å². The summed E-state index contributed by atoms with van der Waals surface area (Å²) in [7, 11) is 0. The summed E-state index contributed by atoms with van der Waals surface area (Å²) < 4.78 is 0. The molecule has 1 unspecified atom stereocenters. The molecule has 0 radical (unpaired) electrons. The second-order valence-electron chi connectivity index (χ2n) is 6.16. The van der Waals surface area contributed by atoms with Gasteiger partial charge in [0.15, 0.2) is 0 Å². The van der Waals surface area contributed by atoms with Crippen molar-refractivity contribution >= 4 is 11.8 Å². The molecule has 2 aromatic rings. The lowest BCUT2D eigenvalue weighted by Crippen LogP contribution is -2.44. The van der Waals surface area contributed by atoms with Crippen molar-refractivity contribution in [3.63, 3.8) is 0 Å². The van der Waals surface area contributed by atoms with E-state index >= 15 is 0 Å². The molecule has 0 saturated carbocycles. The number of hydrogen-bond donors (Lipinski definition) is 2. The number of nitrogens with one attached hydrogen (secondary N) is 2. The van der Waals surface area contributed by atoms with E-state index in [0.717, 1.165) is 17.5 Å². The molecule has 0 fully saturated rings. The van der Waals surface area contributed by atoms with Crippen LogP contribution < -0.4 is 10.6 Å². The molecule has 2 rings (SSSR count). The molecule has 0 aliphatic heterocycles. The molecule has 25 heavy (non-hydrogen) atoms. The third-order valence-electron chi connectivity index (χ3n) is 4.15. The fraction of sp³-hybridized carbons (Fsp3) is 0.333. The number of hydrogen-bond acceptors (Lipinski definition) is 2. The normalized spacial score (nSPS) is 11.6. The Hall–Kier alpha value is -2.62. The monoisotopic (exact) mass is 338 g/mol. The standard InChI is InChI=1S/C21H26N2O2/c1-3-17-9-11-18(12-10-17)13-14-20(24)23-16(2)21(25)22-15-19-7-5-4-6-8-19/h4-12,16H,3,13-15H2,1-2H3,(H,22,25)(H,23,24). The van der Waals surface area contributed by atoms with Crippen LogP contribution in [0.2, 0.25) is 0 Å². The van der Waals surface area contributed by atoms with Crippen molar-refractivity contribution in [3.05, 3.63) is 71.3 Å². The van der Waals surface area contributed by atoms with E-state index in [1.807, 2.05) is 30.3 Å². The number of aryl methyl sites for hydroxylation is 2. The van der Waals surface area contributed by atoms with Crippen molar-refractivity contribution in [3.8, 4) is 0 Å². The van der Waals surface area contributed by atoms with E-state index in [0.29, 0.717) is 19.4 Å². The van der Waals surface area contributed by atoms with Crippen LogP contribution in [0.4, 0.5) is 0 Å². The zero-order chi connectivity index (χ0) is 18.1. The highest BCUT2D eigenvalue weighted by Gasteiger charge is 2.15. The van der Waals surface area contributed by atoms with Crippen LogP contribution in [0.1, 0.15) is 37.0 Å². The number of carbonyl (C=O) groups is 2. The van der Waals surface area contributed by atoms with Gasteiger partial charge in [0.2, 0.25) is 11.8 Å². The summed E-state index contributed by atoms with van der Waals surface area (Å²) in [5, 5.41) is 5.59. The molecule has 0 saturated heterocycles. The Labute approximate surface area is 149 Å². The molecule has 2 N–H and O–H groups in total. The van der Waals surface area contributed by atoms with Gasteiger partial charge in [-0.15, -0.1) is 0 Å². The van der Waals surface area contributed by atoms with Gasteiger partial charge in [-0.3, -0.25) is 9.59 Å². The van der Waals surface area contributed by atoms with Crippen LogP contribution in [0.25, 0.3) is 0 Å². The van der Waals surface area contributed by atoms with Crippen molar-refractivity contribution in [2.75, 3.05) is 0 Å². The average molecular weight is 338 g/mol. The fourth-order valence-corrected chi connectivity index (χ4v) is 2.52. The summed E-state index contributed by atoms with van der Waals surface area (Å²) in [5.74, 6) is -0.286. The lowest BCUT2D eigenvalue weighted by Gasteiger charge is -2.14. The maximum Gasteiger partial charge on any atom is 0.242 e. The zero-order valence-corrected chi connectivity index (χ0v) is 14.9. The Morgan fingerprint density at radius 3 is 2.20 bits per heavy atom. The van der Waals surface area contributed by atoms with Gasteiger partial charge in [0.05, 0.1) is 0 Å². The van der Waals surface area contributed by atoms with Gasteiger partial charge >= 0.3 is 0 Å². The quantitative estimate of drug-likeness (QED) is 0.777. The van der Waals surface area contributed by atoms with Crippen LogP contribution in [0.5, 0.6) is 0 Å². The lowest BCUT2D eigenvalue weighted by molar-refractivity contribution is -0.128. The molecule has 0 aliphatic rings. The van der Waals surface area contributed by atoms with E-state index in [1.165, 1.54) is 5.56 Å². The number of benzene rings is 2. The van der Waals surface area contributed by atoms with Crippen LogP contribution >= 0.6 is 0 Å². The molecule has 4 nitrogen and oxygen atoms in total. The number of rotatable bonds is 8. The minimum Gasteiger partial charge on any atom is -0.350 e. The van der Waals surface area contributed by atoms with Crippen LogP contribution in [0.15, 0.2) is 54.6 Å². The minimum atomic E-state index is -0.543. The zero-order valence-electron chi connectivity index (χ0n) is 14.9. The van der Waals surface area contributed by atoms with E-state index in [9.17, 15) is 9.59 Å². The van der Waals surface area contributed by atoms with E-state index in [4.69, 9.17) is 0 Å². The third kappa shape index (κ3) is 6.42. The van der Waals surface area contributed by atoms with Crippen molar-refractivity contribution in [1.29, 1.82) is 0 Å². The van der Waals surface area contributed by atoms with Crippen molar-refractivity contribution in [2.24, 2.45) is 0 Å². The summed E-state index contributed by atoms with van der Waals surface area (Å²) in [6.07, 6.45) is 2.06. The van der Waals surface area contributed by atoms with Crippen LogP contribution in [0.3, 0.4) is 0 Å². The van der Waals surface area contributed by atoms with Gasteiger partial charge in [-0.25, -0.2) is 0 Å². The van der Waals surface area contributed by atoms with E-state index in [2.05, 4.69) is 41.8 Å². The highest BCUT2D eigenvalue weighted by Crippen LogP contribution is 2.07. The Balaban J connectivity index is 1.72. The van der Waals surface area contributed by atoms with Crippen LogP contribution in [-0.2, 0) is 29.0 Å². The molecule has 2 amide bonds. The summed E-state index contributed by atoms with van der Waals surface area (Å²) in [5.41, 5.74) is 3.45. The van der Waals surface area contributed by atoms with Gasteiger partial charge in [-0.1, -0.05) is 61.5 Å². The highest BCUT2D eigenvalue weighted by molar-refractivity contribution is 5.87. The fourth-order valence-electron chi connectivity index (χ4n) is 2.52. The number of amides is 2. The Bertz CT molecular complexity index is 681. The summed E-state index contributed by atoms with van der Waals surface area (Å²) in [6, 6.07) is 17.5. The highest BCUT2D eigenvalue weighted by atomic mass is 16.2. The molecule has 1 atom stereocenters. The first-order valence-electron chi connectivity index (χ1n) is 8.77. The van der Waals surface area contributed by atoms with Gasteiger partial charge in [0.25, 0.3) is 0 Å². The summed E-state index contributed by atoms with van der Waals surface area (Å²) in [6.45, 7) is 4.28. The summed E-state index contributed by atoms with van der Waals surface area (Å²) in [4.78, 5) is 24.1. The van der Waals surface area contributed by atoms with Gasteiger partial charge in [-0.2, -0.15) is 0 Å². The molecule has 2 aromatic carbocycles. The first-order valence-corrected chi connectivity index (χ1v) is 8.77. The molecule has 0 bridgehead atoms. The van der Waals surface area contributed by atoms with Gasteiger partial charge < -0.3 is 10.6 Å². The molecular formula is C21H26N2O2. The predicted molar refractivity (Wildman–Crippen MR) is 100 cm³/mol. The average Bonchev–Trinajstić information content (AvgIpc) is 2.65.